The summed E-state index contributed by atoms with van der Waals surface area (Å²) in [6, 6.07) is -0.736. The maximum absolute atomic E-state index is 9.67. The van der Waals surface area contributed by atoms with Crippen molar-refractivity contribution >= 4 is 12.7 Å². The molecule has 0 bridgehead atoms. The Morgan fingerprint density at radius 3 is 2.40 bits per heavy atom. The van der Waals surface area contributed by atoms with Gasteiger partial charge in [0.1, 0.15) is 0 Å². The Morgan fingerprint density at radius 2 is 2.30 bits per heavy atom. The zero-order valence-corrected chi connectivity index (χ0v) is 5.15. The van der Waals surface area contributed by atoms with Crippen molar-refractivity contribution in [3.05, 3.63) is 10.4 Å². The number of nitroso groups, excluding NO2 is 1. The van der Waals surface area contributed by atoms with Gasteiger partial charge in [0.15, 0.2) is 6.67 Å². The molecule has 0 aliphatic rings. The van der Waals surface area contributed by atoms with Crippen LogP contribution in [0.4, 0.5) is 4.79 Å². The van der Waals surface area contributed by atoms with E-state index in [9.17, 15) is 9.70 Å². The van der Waals surface area contributed by atoms with E-state index in [1.807, 2.05) is 5.32 Å². The van der Waals surface area contributed by atoms with E-state index in [-0.39, 0.29) is 6.67 Å². The van der Waals surface area contributed by atoms with E-state index in [1.165, 1.54) is 0 Å². The summed E-state index contributed by atoms with van der Waals surface area (Å²) >= 11 is 0. The number of nitrogens with two attached hydrogens (primary N) is 1. The van der Waals surface area contributed by atoms with Crippen LogP contribution in [0.25, 0.3) is 5.53 Å². The normalized spacial score (nSPS) is 6.00. The molecule has 0 saturated carbocycles. The third-order valence-corrected chi connectivity index (χ3v) is 0.318. The molecule has 0 aromatic carbocycles. The monoisotopic (exact) mass is 145 g/mol. The first-order valence-electron chi connectivity index (χ1n) is 2.11. The quantitative estimate of drug-likeness (QED) is 0.231. The van der Waals surface area contributed by atoms with Crippen molar-refractivity contribution in [1.29, 1.82) is 0 Å². The smallest absolute Gasteiger partial charge is 0.313 e. The van der Waals surface area contributed by atoms with Crippen molar-refractivity contribution in [2.75, 3.05) is 6.67 Å². The summed E-state index contributed by atoms with van der Waals surface area (Å²) in [7, 11) is 0. The van der Waals surface area contributed by atoms with E-state index < -0.39 is 6.03 Å². The highest BCUT2D eigenvalue weighted by molar-refractivity contribution is 5.71. The maximum Gasteiger partial charge on any atom is 0.313 e. The summed E-state index contributed by atoms with van der Waals surface area (Å²) in [5, 5.41) is 4.27. The zero-order chi connectivity index (χ0) is 8.41. The second-order valence-corrected chi connectivity index (χ2v) is 0.970. The second-order valence-electron chi connectivity index (χ2n) is 0.970. The van der Waals surface area contributed by atoms with Crippen molar-refractivity contribution < 1.29 is 9.58 Å². The van der Waals surface area contributed by atoms with Gasteiger partial charge in [-0.1, -0.05) is 0 Å². The number of carbonyl (C=O) groups is 1. The molecule has 0 rings (SSSR count). The van der Waals surface area contributed by atoms with Crippen molar-refractivity contribution in [2.24, 2.45) is 10.9 Å². The van der Waals surface area contributed by atoms with Crippen molar-refractivity contribution in [2.45, 2.75) is 0 Å². The van der Waals surface area contributed by atoms with E-state index in [2.05, 4.69) is 22.4 Å². The fourth-order valence-corrected chi connectivity index (χ4v) is 0.110. The van der Waals surface area contributed by atoms with Gasteiger partial charge < -0.3 is 16.6 Å². The highest BCUT2D eigenvalue weighted by atomic mass is 16.3. The van der Waals surface area contributed by atoms with Gasteiger partial charge in [-0.25, -0.2) is 4.79 Å². The molecular weight excluding hydrogens is 138 g/mol. The lowest BCUT2D eigenvalue weighted by molar-refractivity contribution is 0.0110. The number of amides is 2. The predicted octanol–water partition coefficient (Wildman–Crippen LogP) is -0.705. The van der Waals surface area contributed by atoms with E-state index in [0.717, 1.165) is 0 Å². The summed E-state index contributed by atoms with van der Waals surface area (Å²) in [6.45, 7) is 2.41. The van der Waals surface area contributed by atoms with Crippen LogP contribution in [0.2, 0.25) is 0 Å². The molecule has 10 heavy (non-hydrogen) atoms. The van der Waals surface area contributed by atoms with Crippen LogP contribution in [0.15, 0.2) is 5.18 Å². The van der Waals surface area contributed by atoms with Crippen LogP contribution >= 0.6 is 0 Å². The first kappa shape index (κ1) is 11.1. The standard InChI is InChI=1S/C2H5N3O2.CH2N2/c3-2(6)4-1-5-7;1-3-2/h1H2,(H3,3,4,6);1H2. The third-order valence-electron chi connectivity index (χ3n) is 0.318. The van der Waals surface area contributed by atoms with Crippen LogP contribution in [0.5, 0.6) is 0 Å². The third kappa shape index (κ3) is 34.0. The second kappa shape index (κ2) is 10.3. The van der Waals surface area contributed by atoms with Crippen LogP contribution in [0.1, 0.15) is 0 Å². The molecule has 0 aliphatic carbocycles. The zero-order valence-electron chi connectivity index (χ0n) is 5.15. The molecule has 2 amide bonds. The molecule has 0 spiro atoms. The van der Waals surface area contributed by atoms with Gasteiger partial charge in [-0.3, -0.25) is 0 Å². The maximum atomic E-state index is 9.67. The molecule has 0 unspecified atom stereocenters. The van der Waals surface area contributed by atoms with Crippen LogP contribution in [-0.2, 0) is 0 Å². The van der Waals surface area contributed by atoms with Gasteiger partial charge in [0.2, 0.25) is 6.72 Å². The Kier molecular flexibility index (Phi) is 11.4. The fourth-order valence-electron chi connectivity index (χ4n) is 0.110. The Bertz CT molecular complexity index is 138. The number of nitrogens with one attached hydrogen (secondary N) is 1. The number of urea groups is 1. The Morgan fingerprint density at radius 1 is 1.90 bits per heavy atom. The molecule has 0 fully saturated rings. The summed E-state index contributed by atoms with van der Waals surface area (Å²) in [6.07, 6.45) is 0. The minimum Gasteiger partial charge on any atom is -0.362 e. The van der Waals surface area contributed by atoms with Crippen LogP contribution in [-0.4, -0.2) is 24.2 Å². The van der Waals surface area contributed by atoms with E-state index in [4.69, 9.17) is 5.53 Å². The lowest BCUT2D eigenvalue weighted by Crippen LogP contribution is -2.28. The van der Waals surface area contributed by atoms with Crippen LogP contribution in [0, 0.1) is 4.91 Å². The Labute approximate surface area is 56.8 Å². The molecular formula is C3H7N5O2. The summed E-state index contributed by atoms with van der Waals surface area (Å²) in [5.41, 5.74) is 11.6. The molecule has 56 valence electrons. The van der Waals surface area contributed by atoms with E-state index >= 15 is 0 Å². The molecule has 0 saturated heterocycles. The average molecular weight is 145 g/mol. The molecule has 0 heterocycles. The van der Waals surface area contributed by atoms with E-state index in [0.29, 0.717) is 0 Å². The van der Waals surface area contributed by atoms with Gasteiger partial charge in [-0.15, -0.1) is 4.91 Å². The average Bonchev–Trinajstić information content (AvgIpc) is 1.85. The fraction of sp³-hybridized carbons (Fsp3) is 0.333. The summed E-state index contributed by atoms with van der Waals surface area (Å²) < 4.78 is 0. The Balaban J connectivity index is 0. The number of hydrogen-bond donors (Lipinski definition) is 2. The number of nitrogens with zero attached hydrogens (tertiary/aromatic N) is 3. The van der Waals surface area contributed by atoms with Crippen LogP contribution < -0.4 is 11.1 Å². The molecule has 7 nitrogen and oxygen atoms in total. The Hall–Kier alpha value is -1.75. The number of hydrogen-bond acceptors (Lipinski definition) is 3. The number of carbonyl (C=O) groups excluding carboxylic acids is 1. The highest BCUT2D eigenvalue weighted by Gasteiger charge is 1.84. The largest absolute Gasteiger partial charge is 0.362 e. The first-order chi connectivity index (χ1) is 4.68. The lowest BCUT2D eigenvalue weighted by Gasteiger charge is -1.87. The molecule has 3 N–H and O–H groups in total. The molecule has 0 aromatic rings. The molecule has 7 heteroatoms. The minimum absolute atomic E-state index is 0.255. The molecule has 0 radical (unpaired) electrons. The lowest BCUT2D eigenvalue weighted by atomic mass is 11.0. The SMILES string of the molecule is C=[N+]=[N-].NC(=O)NCN=O. The summed E-state index contributed by atoms with van der Waals surface area (Å²) in [5.74, 6) is 0. The van der Waals surface area contributed by atoms with Crippen LogP contribution in [0.3, 0.4) is 0 Å². The van der Waals surface area contributed by atoms with Crippen molar-refractivity contribution in [3.63, 3.8) is 0 Å². The van der Waals surface area contributed by atoms with Gasteiger partial charge in [0, 0.05) is 0 Å². The topological polar surface area (TPSA) is 121 Å². The number of rotatable bonds is 2. The van der Waals surface area contributed by atoms with Crippen molar-refractivity contribution in [1.82, 2.24) is 5.32 Å². The van der Waals surface area contributed by atoms with Gasteiger partial charge >= 0.3 is 6.03 Å². The minimum atomic E-state index is -0.736. The number of primary amides is 1. The predicted molar refractivity (Wildman–Crippen MR) is 34.1 cm³/mol. The van der Waals surface area contributed by atoms with E-state index in [1.54, 1.807) is 0 Å². The van der Waals surface area contributed by atoms with Gasteiger partial charge in [0.25, 0.3) is 0 Å². The first-order valence-corrected chi connectivity index (χ1v) is 2.11. The molecule has 0 atom stereocenters. The van der Waals surface area contributed by atoms with Gasteiger partial charge in [-0.05, 0) is 5.18 Å². The highest BCUT2D eigenvalue weighted by Crippen LogP contribution is 1.56. The molecule has 0 aliphatic heterocycles. The summed E-state index contributed by atoms with van der Waals surface area (Å²) in [4.78, 5) is 21.1. The van der Waals surface area contributed by atoms with Crippen molar-refractivity contribution in [3.8, 4) is 0 Å². The molecule has 0 aromatic heterocycles. The van der Waals surface area contributed by atoms with Gasteiger partial charge in [-0.2, -0.15) is 4.79 Å². The van der Waals surface area contributed by atoms with Gasteiger partial charge in [0.05, 0.1) is 0 Å².